The van der Waals surface area contributed by atoms with Crippen molar-refractivity contribution < 1.29 is 4.74 Å². The number of nitrogens with two attached hydrogens (primary N) is 1. The van der Waals surface area contributed by atoms with Gasteiger partial charge in [-0.1, -0.05) is 6.92 Å². The summed E-state index contributed by atoms with van der Waals surface area (Å²) in [5.74, 6) is 1.95. The lowest BCUT2D eigenvalue weighted by molar-refractivity contribution is 0.340. The highest BCUT2D eigenvalue weighted by Crippen LogP contribution is 2.22. The smallest absolute Gasteiger partial charge is 0.121 e. The van der Waals surface area contributed by atoms with Crippen molar-refractivity contribution >= 4 is 11.0 Å². The van der Waals surface area contributed by atoms with E-state index in [1.807, 2.05) is 19.1 Å². The van der Waals surface area contributed by atoms with Gasteiger partial charge in [0.1, 0.15) is 11.6 Å². The minimum atomic E-state index is 0.630. The Morgan fingerprint density at radius 1 is 1.33 bits per heavy atom. The van der Waals surface area contributed by atoms with Gasteiger partial charge in [0.05, 0.1) is 17.6 Å². The van der Waals surface area contributed by atoms with Crippen LogP contribution in [0.25, 0.3) is 11.0 Å². The summed E-state index contributed by atoms with van der Waals surface area (Å²) < 4.78 is 7.77. The van der Waals surface area contributed by atoms with Gasteiger partial charge in [0.25, 0.3) is 0 Å². The van der Waals surface area contributed by atoms with Gasteiger partial charge < -0.3 is 15.0 Å². The number of fused-ring (bicyclic) bond motifs is 1. The number of nitrogens with zero attached hydrogens (tertiary/aromatic N) is 2. The van der Waals surface area contributed by atoms with Gasteiger partial charge in [-0.15, -0.1) is 0 Å². The van der Waals surface area contributed by atoms with Crippen molar-refractivity contribution in [1.29, 1.82) is 0 Å². The second-order valence-corrected chi connectivity index (χ2v) is 4.30. The molecular formula is C14H21N3O. The van der Waals surface area contributed by atoms with Crippen molar-refractivity contribution in [2.75, 3.05) is 13.2 Å². The summed E-state index contributed by atoms with van der Waals surface area (Å²) in [7, 11) is 0. The molecule has 2 aromatic rings. The van der Waals surface area contributed by atoms with Crippen LogP contribution in [0.5, 0.6) is 5.75 Å². The molecule has 0 radical (unpaired) electrons. The number of aryl methyl sites for hydroxylation is 1. The van der Waals surface area contributed by atoms with Crippen molar-refractivity contribution in [2.24, 2.45) is 5.73 Å². The van der Waals surface area contributed by atoms with Gasteiger partial charge in [-0.2, -0.15) is 0 Å². The zero-order valence-corrected chi connectivity index (χ0v) is 11.1. The zero-order valence-electron chi connectivity index (χ0n) is 11.1. The maximum absolute atomic E-state index is 5.65. The Kier molecular flexibility index (Phi) is 4.20. The molecule has 1 heterocycles. The predicted molar refractivity (Wildman–Crippen MR) is 74.0 cm³/mol. The van der Waals surface area contributed by atoms with Gasteiger partial charge in [0.15, 0.2) is 0 Å². The van der Waals surface area contributed by atoms with Gasteiger partial charge in [-0.3, -0.25) is 0 Å². The SMILES string of the molecule is CCCn1c(CCN)nc2cc(OCC)ccc21. The fourth-order valence-electron chi connectivity index (χ4n) is 2.21. The van der Waals surface area contributed by atoms with Crippen LogP contribution in [0.4, 0.5) is 0 Å². The van der Waals surface area contributed by atoms with Crippen molar-refractivity contribution in [3.8, 4) is 5.75 Å². The minimum absolute atomic E-state index is 0.630. The van der Waals surface area contributed by atoms with Gasteiger partial charge in [-0.05, 0) is 32.0 Å². The molecule has 4 nitrogen and oxygen atoms in total. The van der Waals surface area contributed by atoms with E-state index in [2.05, 4.69) is 22.5 Å². The molecule has 0 saturated heterocycles. The van der Waals surface area contributed by atoms with Crippen LogP contribution < -0.4 is 10.5 Å². The first-order valence-corrected chi connectivity index (χ1v) is 6.62. The highest BCUT2D eigenvalue weighted by molar-refractivity contribution is 5.77. The van der Waals surface area contributed by atoms with E-state index in [1.54, 1.807) is 0 Å². The number of rotatable bonds is 6. The molecule has 0 atom stereocenters. The summed E-state index contributed by atoms with van der Waals surface area (Å²) >= 11 is 0. The van der Waals surface area contributed by atoms with Gasteiger partial charge in [0, 0.05) is 19.0 Å². The minimum Gasteiger partial charge on any atom is -0.494 e. The lowest BCUT2D eigenvalue weighted by atomic mass is 10.3. The second-order valence-electron chi connectivity index (χ2n) is 4.30. The molecule has 0 spiro atoms. The molecular weight excluding hydrogens is 226 g/mol. The average Bonchev–Trinajstić information content (AvgIpc) is 2.68. The second kappa shape index (κ2) is 5.87. The third kappa shape index (κ3) is 2.48. The lowest BCUT2D eigenvalue weighted by Gasteiger charge is -2.07. The Morgan fingerprint density at radius 2 is 2.17 bits per heavy atom. The molecule has 0 unspecified atom stereocenters. The fraction of sp³-hybridized carbons (Fsp3) is 0.500. The first-order valence-electron chi connectivity index (χ1n) is 6.62. The van der Waals surface area contributed by atoms with Gasteiger partial charge in [-0.25, -0.2) is 4.98 Å². The number of benzene rings is 1. The Hall–Kier alpha value is -1.55. The number of imidazole rings is 1. The van der Waals surface area contributed by atoms with Crippen molar-refractivity contribution in [3.05, 3.63) is 24.0 Å². The Labute approximate surface area is 108 Å². The lowest BCUT2D eigenvalue weighted by Crippen LogP contribution is -2.10. The van der Waals surface area contributed by atoms with Crippen LogP contribution in [0.1, 0.15) is 26.1 Å². The summed E-state index contributed by atoms with van der Waals surface area (Å²) in [5.41, 5.74) is 7.82. The number of hydrogen-bond acceptors (Lipinski definition) is 3. The van der Waals surface area contributed by atoms with Crippen LogP contribution in [0.15, 0.2) is 18.2 Å². The molecule has 98 valence electrons. The Bertz CT molecular complexity index is 519. The molecule has 0 saturated carbocycles. The number of ether oxygens (including phenoxy) is 1. The molecule has 18 heavy (non-hydrogen) atoms. The van der Waals surface area contributed by atoms with E-state index >= 15 is 0 Å². The molecule has 0 amide bonds. The molecule has 0 fully saturated rings. The van der Waals surface area contributed by atoms with E-state index in [0.29, 0.717) is 13.2 Å². The topological polar surface area (TPSA) is 53.1 Å². The van der Waals surface area contributed by atoms with Crippen LogP contribution in [0.2, 0.25) is 0 Å². The van der Waals surface area contributed by atoms with Crippen LogP contribution in [-0.4, -0.2) is 22.7 Å². The van der Waals surface area contributed by atoms with Crippen molar-refractivity contribution in [3.63, 3.8) is 0 Å². The number of aromatic nitrogens is 2. The summed E-state index contributed by atoms with van der Waals surface area (Å²) in [6.45, 7) is 6.45. The van der Waals surface area contributed by atoms with Gasteiger partial charge in [0.2, 0.25) is 0 Å². The van der Waals surface area contributed by atoms with E-state index in [1.165, 1.54) is 5.52 Å². The first-order chi connectivity index (χ1) is 8.80. The first kappa shape index (κ1) is 12.9. The summed E-state index contributed by atoms with van der Waals surface area (Å²) in [4.78, 5) is 4.67. The molecule has 1 aromatic carbocycles. The highest BCUT2D eigenvalue weighted by Gasteiger charge is 2.10. The number of hydrogen-bond donors (Lipinski definition) is 1. The molecule has 2 rings (SSSR count). The Morgan fingerprint density at radius 3 is 2.83 bits per heavy atom. The van der Waals surface area contributed by atoms with Gasteiger partial charge >= 0.3 is 0 Å². The third-order valence-corrected chi connectivity index (χ3v) is 2.92. The van der Waals surface area contributed by atoms with Crippen molar-refractivity contribution in [2.45, 2.75) is 33.2 Å². The predicted octanol–water partition coefficient (Wildman–Crippen LogP) is 2.35. The van der Waals surface area contributed by atoms with E-state index in [-0.39, 0.29) is 0 Å². The summed E-state index contributed by atoms with van der Waals surface area (Å²) in [6, 6.07) is 6.10. The highest BCUT2D eigenvalue weighted by atomic mass is 16.5. The van der Waals surface area contributed by atoms with Crippen LogP contribution in [0, 0.1) is 0 Å². The van der Waals surface area contributed by atoms with Crippen molar-refractivity contribution in [1.82, 2.24) is 9.55 Å². The van der Waals surface area contributed by atoms with E-state index in [9.17, 15) is 0 Å². The summed E-state index contributed by atoms with van der Waals surface area (Å²) in [5, 5.41) is 0. The molecule has 2 N–H and O–H groups in total. The van der Waals surface area contributed by atoms with Crippen LogP contribution in [-0.2, 0) is 13.0 Å². The van der Waals surface area contributed by atoms with Crippen LogP contribution >= 0.6 is 0 Å². The van der Waals surface area contributed by atoms with E-state index < -0.39 is 0 Å². The largest absolute Gasteiger partial charge is 0.494 e. The molecule has 0 aliphatic heterocycles. The summed E-state index contributed by atoms with van der Waals surface area (Å²) in [6.07, 6.45) is 1.91. The molecule has 0 aliphatic rings. The monoisotopic (exact) mass is 247 g/mol. The molecule has 4 heteroatoms. The molecule has 0 aliphatic carbocycles. The normalized spacial score (nSPS) is 11.1. The maximum Gasteiger partial charge on any atom is 0.121 e. The Balaban J connectivity index is 2.46. The quantitative estimate of drug-likeness (QED) is 0.852. The average molecular weight is 247 g/mol. The van der Waals surface area contributed by atoms with E-state index in [0.717, 1.165) is 36.5 Å². The third-order valence-electron chi connectivity index (χ3n) is 2.92. The van der Waals surface area contributed by atoms with E-state index in [4.69, 9.17) is 10.5 Å². The molecule has 0 bridgehead atoms. The van der Waals surface area contributed by atoms with Crippen LogP contribution in [0.3, 0.4) is 0 Å². The standard InChI is InChI=1S/C14H21N3O/c1-3-9-17-13-6-5-11(18-4-2)10-12(13)16-14(17)7-8-15/h5-6,10H,3-4,7-9,15H2,1-2H3. The fourth-order valence-corrected chi connectivity index (χ4v) is 2.21. The zero-order chi connectivity index (χ0) is 13.0. The maximum atomic E-state index is 5.65. The molecule has 1 aromatic heterocycles.